The normalized spacial score (nSPS) is 22.4. The van der Waals surface area contributed by atoms with E-state index in [2.05, 4.69) is 187 Å². The van der Waals surface area contributed by atoms with Crippen molar-refractivity contribution in [2.24, 2.45) is 5.92 Å². The van der Waals surface area contributed by atoms with Crippen LogP contribution in [0.15, 0.2) is 229 Å². The third kappa shape index (κ3) is 9.38. The first-order valence-corrected chi connectivity index (χ1v) is 19.6. The summed E-state index contributed by atoms with van der Waals surface area (Å²) in [4.78, 5) is 2.27. The van der Waals surface area contributed by atoms with E-state index in [-0.39, 0.29) is 5.92 Å². The summed E-state index contributed by atoms with van der Waals surface area (Å²) in [5.74, 6) is 2.89. The van der Waals surface area contributed by atoms with E-state index in [0.717, 1.165) is 30.7 Å². The average Bonchev–Trinajstić information content (AvgIpc) is 3.31. The summed E-state index contributed by atoms with van der Waals surface area (Å²) in [6, 6.07) is 15.7. The lowest BCUT2D eigenvalue weighted by atomic mass is 9.92. The van der Waals surface area contributed by atoms with E-state index < -0.39 is 0 Å². The predicted octanol–water partition coefficient (Wildman–Crippen LogP) is 13.7. The minimum atomic E-state index is 0.152. The molecule has 0 radical (unpaired) electrons. The number of terminal acetylenes is 1. The fourth-order valence-corrected chi connectivity index (χ4v) is 7.42. The molecule has 56 heavy (non-hydrogen) atoms. The summed E-state index contributed by atoms with van der Waals surface area (Å²) in [7, 11) is 0. The van der Waals surface area contributed by atoms with Gasteiger partial charge in [0.25, 0.3) is 0 Å². The molecule has 0 spiro atoms. The van der Waals surface area contributed by atoms with Gasteiger partial charge < -0.3 is 9.47 Å². The van der Waals surface area contributed by atoms with Crippen molar-refractivity contribution in [2.45, 2.75) is 39.7 Å². The molecule has 2 heteroatoms. The zero-order valence-electron chi connectivity index (χ0n) is 32.8. The third-order valence-electron chi connectivity index (χ3n) is 10.3. The van der Waals surface area contributed by atoms with Crippen LogP contribution in [-0.2, 0) is 6.54 Å². The highest BCUT2D eigenvalue weighted by atomic mass is 15.1. The molecule has 2 nitrogen and oxygen atoms in total. The first kappa shape index (κ1) is 39.1. The van der Waals surface area contributed by atoms with Gasteiger partial charge in [0.2, 0.25) is 0 Å². The van der Waals surface area contributed by atoms with Crippen LogP contribution in [0.4, 0.5) is 0 Å². The van der Waals surface area contributed by atoms with E-state index in [1.54, 1.807) is 0 Å². The Kier molecular flexibility index (Phi) is 13.8. The van der Waals surface area contributed by atoms with Gasteiger partial charge in [-0.1, -0.05) is 171 Å². The number of rotatable bonds is 11. The number of allylic oxidation sites excluding steroid dienone is 27. The van der Waals surface area contributed by atoms with Gasteiger partial charge in [0.05, 0.1) is 5.52 Å². The first-order valence-electron chi connectivity index (χ1n) is 19.6. The van der Waals surface area contributed by atoms with Crippen LogP contribution >= 0.6 is 0 Å². The summed E-state index contributed by atoms with van der Waals surface area (Å²) in [5.41, 5.74) is 11.7. The Bertz CT molecular complexity index is 2450. The number of nitrogens with zero attached hydrogens (tertiary/aromatic N) is 2. The Labute approximate surface area is 334 Å². The summed E-state index contributed by atoms with van der Waals surface area (Å²) in [6.07, 6.45) is 58.1. The molecule has 6 rings (SSSR count). The van der Waals surface area contributed by atoms with Crippen LogP contribution in [0.25, 0.3) is 27.4 Å². The topological polar surface area (TPSA) is 8.17 Å². The minimum Gasteiger partial charge on any atom is -0.337 e. The molecule has 278 valence electrons. The summed E-state index contributed by atoms with van der Waals surface area (Å²) >= 11 is 0. The van der Waals surface area contributed by atoms with Crippen LogP contribution in [0.5, 0.6) is 0 Å². The molecule has 1 aliphatic heterocycles. The van der Waals surface area contributed by atoms with E-state index >= 15 is 0 Å². The molecule has 0 amide bonds. The number of para-hydroxylation sites is 1. The van der Waals surface area contributed by atoms with Gasteiger partial charge in [0.15, 0.2) is 0 Å². The van der Waals surface area contributed by atoms with Crippen molar-refractivity contribution in [1.82, 2.24) is 9.47 Å². The molecule has 1 aromatic heterocycles. The van der Waals surface area contributed by atoms with Gasteiger partial charge in [0, 0.05) is 52.8 Å². The number of fused-ring (bicyclic) bond motifs is 3. The van der Waals surface area contributed by atoms with Crippen molar-refractivity contribution in [3.8, 4) is 12.3 Å². The lowest BCUT2D eigenvalue weighted by Crippen LogP contribution is -2.22. The summed E-state index contributed by atoms with van der Waals surface area (Å²) < 4.78 is 2.46. The summed E-state index contributed by atoms with van der Waals surface area (Å²) in [5, 5.41) is 2.50. The molecule has 1 unspecified atom stereocenters. The van der Waals surface area contributed by atoms with Crippen LogP contribution in [-0.4, -0.2) is 16.0 Å². The fraction of sp³-hybridized carbons (Fsp3) is 0.148. The van der Waals surface area contributed by atoms with Crippen LogP contribution < -0.4 is 0 Å². The Morgan fingerprint density at radius 1 is 0.929 bits per heavy atom. The standard InChI is InChI=1S/C54H52N2/c1-6-10-31-52-42(5)33-34-46(29-22-38-55(52)49(23-7-2)24-8-3)47-35-36-51-50-30-20-21-32-53(50)56(54(51)41-47)39-37-48(45-27-18-14-15-19-28-45)40-43(9-4)44-25-16-12-11-13-17-26-44/h2,6,8-12,14,16-32,34-37,40-41,44H,1,4,13,15,33,38-39H2,3,5H3/b12-11-,24-8-,25-16?,26-17-,29-22-,31-10-,43-40+,46-34+,48-37+,49-23+,52-42-. The predicted molar refractivity (Wildman–Crippen MR) is 245 cm³/mol. The van der Waals surface area contributed by atoms with Crippen molar-refractivity contribution in [3.63, 3.8) is 0 Å². The van der Waals surface area contributed by atoms with Crippen LogP contribution in [0.3, 0.4) is 0 Å². The van der Waals surface area contributed by atoms with Gasteiger partial charge in [-0.15, -0.1) is 6.42 Å². The third-order valence-corrected chi connectivity index (χ3v) is 10.3. The van der Waals surface area contributed by atoms with Gasteiger partial charge in [-0.2, -0.15) is 0 Å². The van der Waals surface area contributed by atoms with E-state index in [0.29, 0.717) is 13.1 Å². The number of aromatic nitrogens is 1. The molecule has 3 aromatic rings. The van der Waals surface area contributed by atoms with Crippen molar-refractivity contribution in [3.05, 3.63) is 235 Å². The fourth-order valence-electron chi connectivity index (χ4n) is 7.42. The highest BCUT2D eigenvalue weighted by Gasteiger charge is 2.16. The maximum Gasteiger partial charge on any atom is 0.0500 e. The van der Waals surface area contributed by atoms with E-state index in [9.17, 15) is 0 Å². The van der Waals surface area contributed by atoms with Crippen LogP contribution in [0.2, 0.25) is 0 Å². The monoisotopic (exact) mass is 728 g/mol. The lowest BCUT2D eigenvalue weighted by molar-refractivity contribution is 0.496. The number of benzene rings is 2. The Morgan fingerprint density at radius 3 is 2.61 bits per heavy atom. The van der Waals surface area contributed by atoms with E-state index in [1.807, 2.05) is 37.3 Å². The van der Waals surface area contributed by atoms with Gasteiger partial charge in [-0.25, -0.2) is 0 Å². The SMILES string of the molecule is C#C/C=C(\C=C/C)N1C/C=C\C(c2ccc3c4ccccc4n(C/C=C(\C=C(/C=C)C4C=C/C=C\C/C=C\4)C4=CC=CCC=C4)c3c2)=C/C/C(C)=C1/C=C\C=C. The molecule has 2 heterocycles. The van der Waals surface area contributed by atoms with Crippen molar-refractivity contribution in [2.75, 3.05) is 6.54 Å². The quantitative estimate of drug-likeness (QED) is 0.108. The second-order valence-electron chi connectivity index (χ2n) is 13.9. The molecule has 2 aromatic carbocycles. The number of hydrogen-bond acceptors (Lipinski definition) is 1. The minimum absolute atomic E-state index is 0.152. The van der Waals surface area contributed by atoms with Gasteiger partial charge >= 0.3 is 0 Å². The molecule has 1 atom stereocenters. The molecule has 0 saturated carbocycles. The van der Waals surface area contributed by atoms with E-state index in [1.165, 1.54) is 55.2 Å². The zero-order chi connectivity index (χ0) is 39.1. The zero-order valence-corrected chi connectivity index (χ0v) is 32.8. The second-order valence-corrected chi connectivity index (χ2v) is 13.9. The van der Waals surface area contributed by atoms with Crippen molar-refractivity contribution in [1.29, 1.82) is 0 Å². The molecule has 2 aliphatic carbocycles. The molecule has 0 N–H and O–H groups in total. The van der Waals surface area contributed by atoms with E-state index in [4.69, 9.17) is 6.42 Å². The van der Waals surface area contributed by atoms with Gasteiger partial charge in [0.1, 0.15) is 0 Å². The average molecular weight is 729 g/mol. The molecule has 3 aliphatic rings. The first-order chi connectivity index (χ1) is 27.6. The van der Waals surface area contributed by atoms with Gasteiger partial charge in [-0.3, -0.25) is 0 Å². The maximum absolute atomic E-state index is 5.79. The second kappa shape index (κ2) is 19.7. The Morgan fingerprint density at radius 2 is 1.77 bits per heavy atom. The highest BCUT2D eigenvalue weighted by molar-refractivity contribution is 6.09. The molecular formula is C54H52N2. The van der Waals surface area contributed by atoms with Gasteiger partial charge in [-0.05, 0) is 90.8 Å². The van der Waals surface area contributed by atoms with Crippen molar-refractivity contribution >= 4 is 27.4 Å². The Hall–Kier alpha value is -6.56. The van der Waals surface area contributed by atoms with Crippen LogP contribution in [0.1, 0.15) is 38.7 Å². The highest BCUT2D eigenvalue weighted by Crippen LogP contribution is 2.34. The molecular weight excluding hydrogens is 677 g/mol. The molecule has 0 fully saturated rings. The number of hydrogen-bond donors (Lipinski definition) is 0. The Balaban J connectivity index is 1.45. The van der Waals surface area contributed by atoms with Crippen molar-refractivity contribution < 1.29 is 0 Å². The maximum atomic E-state index is 5.79. The lowest BCUT2D eigenvalue weighted by Gasteiger charge is -2.27. The van der Waals surface area contributed by atoms with Crippen LogP contribution in [0, 0.1) is 18.3 Å². The smallest absolute Gasteiger partial charge is 0.0500 e. The summed E-state index contributed by atoms with van der Waals surface area (Å²) in [6.45, 7) is 13.8. The molecule has 0 bridgehead atoms. The molecule has 0 saturated heterocycles. The largest absolute Gasteiger partial charge is 0.337 e.